The number of halogens is 1. The van der Waals surface area contributed by atoms with Crippen molar-refractivity contribution in [3.05, 3.63) is 29.6 Å². The highest BCUT2D eigenvalue weighted by Crippen LogP contribution is 2.31. The van der Waals surface area contributed by atoms with Crippen LogP contribution >= 0.6 is 0 Å². The molecule has 2 heterocycles. The molecule has 2 aliphatic rings. The number of nitrogens with zero attached hydrogens (tertiary/aromatic N) is 2. The summed E-state index contributed by atoms with van der Waals surface area (Å²) in [5, 5.41) is 9.13. The molecule has 0 aromatic heterocycles. The first-order chi connectivity index (χ1) is 9.22. The molecule has 1 spiro atoms. The van der Waals surface area contributed by atoms with Crippen molar-refractivity contribution in [1.82, 2.24) is 0 Å². The molecule has 0 aliphatic carbocycles. The molecule has 19 heavy (non-hydrogen) atoms. The number of hydrogen-bond acceptors (Lipinski definition) is 4. The molecule has 5 heteroatoms. The van der Waals surface area contributed by atoms with E-state index in [0.29, 0.717) is 38.5 Å². The Balaban J connectivity index is 1.88. The largest absolute Gasteiger partial charge is 0.378 e. The third-order valence-corrected chi connectivity index (χ3v) is 3.74. The summed E-state index contributed by atoms with van der Waals surface area (Å²) in [7, 11) is 0. The van der Waals surface area contributed by atoms with Gasteiger partial charge in [0.2, 0.25) is 0 Å². The van der Waals surface area contributed by atoms with E-state index < -0.39 is 0 Å². The van der Waals surface area contributed by atoms with Gasteiger partial charge in [-0.25, -0.2) is 4.39 Å². The SMILES string of the molecule is N#Cc1cc(F)ccc1N1CCOC2(CCOC2)C1. The summed E-state index contributed by atoms with van der Waals surface area (Å²) in [4.78, 5) is 2.09. The molecule has 0 saturated carbocycles. The van der Waals surface area contributed by atoms with E-state index in [2.05, 4.69) is 11.0 Å². The van der Waals surface area contributed by atoms with E-state index in [0.717, 1.165) is 12.1 Å². The summed E-state index contributed by atoms with van der Waals surface area (Å²) >= 11 is 0. The molecule has 2 aliphatic heterocycles. The molecule has 0 N–H and O–H groups in total. The molecular formula is C14H15FN2O2. The Morgan fingerprint density at radius 1 is 1.37 bits per heavy atom. The molecular weight excluding hydrogens is 247 g/mol. The second-order valence-corrected chi connectivity index (χ2v) is 5.03. The van der Waals surface area contributed by atoms with Gasteiger partial charge in [0, 0.05) is 26.1 Å². The molecule has 1 aromatic rings. The molecule has 0 amide bonds. The Hall–Kier alpha value is -1.64. The third-order valence-electron chi connectivity index (χ3n) is 3.74. The Morgan fingerprint density at radius 2 is 2.26 bits per heavy atom. The van der Waals surface area contributed by atoms with Crippen LogP contribution < -0.4 is 4.90 Å². The van der Waals surface area contributed by atoms with Crippen LogP contribution in [0.25, 0.3) is 0 Å². The van der Waals surface area contributed by atoms with Crippen LogP contribution in [0.1, 0.15) is 12.0 Å². The van der Waals surface area contributed by atoms with Gasteiger partial charge < -0.3 is 14.4 Å². The maximum atomic E-state index is 13.2. The lowest BCUT2D eigenvalue weighted by Crippen LogP contribution is -2.52. The van der Waals surface area contributed by atoms with E-state index in [4.69, 9.17) is 14.7 Å². The topological polar surface area (TPSA) is 45.5 Å². The predicted octanol–water partition coefficient (Wildman–Crippen LogP) is 1.69. The van der Waals surface area contributed by atoms with Gasteiger partial charge in [0.1, 0.15) is 17.5 Å². The van der Waals surface area contributed by atoms with E-state index in [1.807, 2.05) is 0 Å². The van der Waals surface area contributed by atoms with Crippen molar-refractivity contribution < 1.29 is 13.9 Å². The first-order valence-corrected chi connectivity index (χ1v) is 6.39. The zero-order valence-electron chi connectivity index (χ0n) is 10.6. The van der Waals surface area contributed by atoms with Gasteiger partial charge in [0.05, 0.1) is 24.5 Å². The molecule has 1 aromatic carbocycles. The van der Waals surface area contributed by atoms with Crippen LogP contribution in [0.15, 0.2) is 18.2 Å². The molecule has 1 unspecified atom stereocenters. The minimum atomic E-state index is -0.382. The summed E-state index contributed by atoms with van der Waals surface area (Å²) in [6, 6.07) is 6.40. The first-order valence-electron chi connectivity index (χ1n) is 6.39. The number of benzene rings is 1. The molecule has 100 valence electrons. The molecule has 0 radical (unpaired) electrons. The van der Waals surface area contributed by atoms with Crippen molar-refractivity contribution >= 4 is 5.69 Å². The fourth-order valence-corrected chi connectivity index (χ4v) is 2.75. The molecule has 0 bridgehead atoms. The summed E-state index contributed by atoms with van der Waals surface area (Å²) in [5.41, 5.74) is 0.883. The van der Waals surface area contributed by atoms with Crippen LogP contribution in [0.3, 0.4) is 0 Å². The highest BCUT2D eigenvalue weighted by Gasteiger charge is 2.40. The highest BCUT2D eigenvalue weighted by atomic mass is 19.1. The van der Waals surface area contributed by atoms with E-state index in [1.54, 1.807) is 6.07 Å². The van der Waals surface area contributed by atoms with E-state index in [1.165, 1.54) is 12.1 Å². The minimum absolute atomic E-state index is 0.265. The number of hydrogen-bond donors (Lipinski definition) is 0. The van der Waals surface area contributed by atoms with Gasteiger partial charge >= 0.3 is 0 Å². The lowest BCUT2D eigenvalue weighted by atomic mass is 9.99. The first kappa shape index (κ1) is 12.4. The molecule has 1 atom stereocenters. The molecule has 4 nitrogen and oxygen atoms in total. The van der Waals surface area contributed by atoms with Crippen LogP contribution in [-0.2, 0) is 9.47 Å². The van der Waals surface area contributed by atoms with Gasteiger partial charge in [0.15, 0.2) is 0 Å². The number of rotatable bonds is 1. The van der Waals surface area contributed by atoms with Crippen molar-refractivity contribution in [2.24, 2.45) is 0 Å². The van der Waals surface area contributed by atoms with Crippen LogP contribution in [0.2, 0.25) is 0 Å². The fraction of sp³-hybridized carbons (Fsp3) is 0.500. The minimum Gasteiger partial charge on any atom is -0.378 e. The van der Waals surface area contributed by atoms with Crippen LogP contribution in [-0.4, -0.2) is 38.5 Å². The van der Waals surface area contributed by atoms with Gasteiger partial charge in [-0.05, 0) is 18.2 Å². The maximum absolute atomic E-state index is 13.2. The van der Waals surface area contributed by atoms with Crippen molar-refractivity contribution in [3.8, 4) is 6.07 Å². The van der Waals surface area contributed by atoms with E-state index >= 15 is 0 Å². The van der Waals surface area contributed by atoms with Gasteiger partial charge in [-0.1, -0.05) is 0 Å². The Kier molecular flexibility index (Phi) is 3.13. The van der Waals surface area contributed by atoms with E-state index in [9.17, 15) is 4.39 Å². The van der Waals surface area contributed by atoms with Crippen molar-refractivity contribution in [2.45, 2.75) is 12.0 Å². The zero-order chi connectivity index (χ0) is 13.3. The third kappa shape index (κ3) is 2.29. The zero-order valence-corrected chi connectivity index (χ0v) is 10.6. The summed E-state index contributed by atoms with van der Waals surface area (Å²) < 4.78 is 24.5. The Bertz CT molecular complexity index is 521. The fourth-order valence-electron chi connectivity index (χ4n) is 2.75. The van der Waals surface area contributed by atoms with Gasteiger partial charge in [-0.15, -0.1) is 0 Å². The lowest BCUT2D eigenvalue weighted by Gasteiger charge is -2.40. The Morgan fingerprint density at radius 3 is 3.00 bits per heavy atom. The smallest absolute Gasteiger partial charge is 0.124 e. The lowest BCUT2D eigenvalue weighted by molar-refractivity contribution is -0.0579. The van der Waals surface area contributed by atoms with Gasteiger partial charge in [0.25, 0.3) is 0 Å². The number of ether oxygens (including phenoxy) is 2. The van der Waals surface area contributed by atoms with Crippen molar-refractivity contribution in [1.29, 1.82) is 5.26 Å². The normalized spacial score (nSPS) is 26.6. The van der Waals surface area contributed by atoms with Crippen LogP contribution in [0.4, 0.5) is 10.1 Å². The maximum Gasteiger partial charge on any atom is 0.124 e. The van der Waals surface area contributed by atoms with Crippen LogP contribution in [0, 0.1) is 17.1 Å². The quantitative estimate of drug-likeness (QED) is 0.772. The summed E-state index contributed by atoms with van der Waals surface area (Å²) in [5.74, 6) is -0.382. The average molecular weight is 262 g/mol. The van der Waals surface area contributed by atoms with Crippen LogP contribution in [0.5, 0.6) is 0 Å². The molecule has 3 rings (SSSR count). The number of anilines is 1. The number of nitriles is 1. The van der Waals surface area contributed by atoms with Crippen molar-refractivity contribution in [2.75, 3.05) is 37.8 Å². The monoisotopic (exact) mass is 262 g/mol. The van der Waals surface area contributed by atoms with Gasteiger partial charge in [-0.3, -0.25) is 0 Å². The average Bonchev–Trinajstić information content (AvgIpc) is 2.86. The number of morpholine rings is 1. The second kappa shape index (κ2) is 4.80. The summed E-state index contributed by atoms with van der Waals surface area (Å²) in [6.07, 6.45) is 0.868. The highest BCUT2D eigenvalue weighted by molar-refractivity contribution is 5.60. The summed E-state index contributed by atoms with van der Waals surface area (Å²) in [6.45, 7) is 3.30. The van der Waals surface area contributed by atoms with Gasteiger partial charge in [-0.2, -0.15) is 5.26 Å². The van der Waals surface area contributed by atoms with E-state index in [-0.39, 0.29) is 11.4 Å². The second-order valence-electron chi connectivity index (χ2n) is 5.03. The van der Waals surface area contributed by atoms with Crippen molar-refractivity contribution in [3.63, 3.8) is 0 Å². The molecule has 2 saturated heterocycles. The molecule has 2 fully saturated rings. The standard InChI is InChI=1S/C14H15FN2O2/c15-12-1-2-13(11(7-12)8-16)17-4-6-19-14(9-17)3-5-18-10-14/h1-2,7H,3-6,9-10H2. The Labute approximate surface area is 111 Å². The predicted molar refractivity (Wildman–Crippen MR) is 67.4 cm³/mol.